The van der Waals surface area contributed by atoms with E-state index >= 15 is 0 Å². The lowest BCUT2D eigenvalue weighted by molar-refractivity contribution is 0.0698. The number of hydrogen-bond donors (Lipinski definition) is 3. The van der Waals surface area contributed by atoms with Gasteiger partial charge in [-0.1, -0.05) is 39.3 Å². The van der Waals surface area contributed by atoms with Crippen LogP contribution in [0.25, 0.3) is 0 Å². The minimum absolute atomic E-state index is 0.0139. The number of urea groups is 1. The molecule has 0 unspecified atom stereocenters. The van der Waals surface area contributed by atoms with Crippen LogP contribution in [0.2, 0.25) is 5.02 Å². The smallest absolute Gasteiger partial charge is 0.337 e. The Kier molecular flexibility index (Phi) is 3.66. The summed E-state index contributed by atoms with van der Waals surface area (Å²) in [6.45, 7) is 8.34. The molecule has 3 N–H and O–H groups in total. The second-order valence-electron chi connectivity index (χ2n) is 6.47. The number of carboxylic acids is 1. The molecule has 0 aliphatic heterocycles. The molecule has 5 nitrogen and oxygen atoms in total. The monoisotopic (exact) mass is 310 g/mol. The summed E-state index contributed by atoms with van der Waals surface area (Å²) < 4.78 is 0. The van der Waals surface area contributed by atoms with Crippen LogP contribution >= 0.6 is 11.6 Å². The molecule has 2 amide bonds. The summed E-state index contributed by atoms with van der Waals surface area (Å²) in [4.78, 5) is 23.2. The van der Waals surface area contributed by atoms with Gasteiger partial charge in [0.05, 0.1) is 11.3 Å². The van der Waals surface area contributed by atoms with Crippen LogP contribution in [0.1, 0.15) is 38.1 Å². The standard InChI is InChI=1S/C15H19ClN2O3/c1-14(2)12(15(14,3)4)18-13(21)17-10-6-5-8(16)7-9(10)11(19)20/h5-7,12H,1-4H3,(H,19,20)(H2,17,18,21). The molecule has 1 aromatic rings. The predicted molar refractivity (Wildman–Crippen MR) is 81.9 cm³/mol. The third kappa shape index (κ3) is 2.70. The largest absolute Gasteiger partial charge is 0.478 e. The van der Waals surface area contributed by atoms with Gasteiger partial charge in [0.15, 0.2) is 0 Å². The van der Waals surface area contributed by atoms with Gasteiger partial charge in [0.25, 0.3) is 0 Å². The lowest BCUT2D eigenvalue weighted by Crippen LogP contribution is -2.34. The van der Waals surface area contributed by atoms with Crippen LogP contribution in [0.15, 0.2) is 18.2 Å². The van der Waals surface area contributed by atoms with Crippen LogP contribution in [-0.4, -0.2) is 23.1 Å². The Morgan fingerprint density at radius 2 is 1.76 bits per heavy atom. The molecule has 0 bridgehead atoms. The van der Waals surface area contributed by atoms with Crippen LogP contribution in [0.5, 0.6) is 0 Å². The van der Waals surface area contributed by atoms with E-state index in [-0.39, 0.29) is 28.1 Å². The molecule has 0 radical (unpaired) electrons. The van der Waals surface area contributed by atoms with E-state index in [0.29, 0.717) is 5.02 Å². The first-order chi connectivity index (χ1) is 9.57. The highest BCUT2D eigenvalue weighted by Gasteiger charge is 2.65. The molecule has 0 spiro atoms. The zero-order chi connectivity index (χ0) is 16.0. The summed E-state index contributed by atoms with van der Waals surface area (Å²) in [6.07, 6.45) is 0. The van der Waals surface area contributed by atoms with Crippen molar-refractivity contribution in [1.82, 2.24) is 5.32 Å². The lowest BCUT2D eigenvalue weighted by atomic mass is 10.0. The molecule has 1 aliphatic carbocycles. The fourth-order valence-electron chi connectivity index (χ4n) is 2.65. The molecule has 1 aliphatic rings. The van der Waals surface area contributed by atoms with Gasteiger partial charge in [-0.05, 0) is 29.0 Å². The molecule has 0 saturated heterocycles. The molecule has 1 fully saturated rings. The average molecular weight is 311 g/mol. The van der Waals surface area contributed by atoms with E-state index in [1.165, 1.54) is 18.2 Å². The number of carboxylic acid groups (broad SMARTS) is 1. The van der Waals surface area contributed by atoms with E-state index in [4.69, 9.17) is 16.7 Å². The van der Waals surface area contributed by atoms with Gasteiger partial charge in [-0.3, -0.25) is 0 Å². The number of nitrogens with one attached hydrogen (secondary N) is 2. The molecule has 0 aromatic heterocycles. The normalized spacial score (nSPS) is 18.9. The number of carbonyl (C=O) groups excluding carboxylic acids is 1. The highest BCUT2D eigenvalue weighted by Crippen LogP contribution is 2.62. The van der Waals surface area contributed by atoms with Crippen molar-refractivity contribution in [3.05, 3.63) is 28.8 Å². The van der Waals surface area contributed by atoms with Crippen molar-refractivity contribution in [3.8, 4) is 0 Å². The maximum Gasteiger partial charge on any atom is 0.337 e. The molecular formula is C15H19ClN2O3. The quantitative estimate of drug-likeness (QED) is 0.798. The van der Waals surface area contributed by atoms with Gasteiger partial charge < -0.3 is 15.7 Å². The second kappa shape index (κ2) is 4.91. The van der Waals surface area contributed by atoms with Crippen molar-refractivity contribution in [2.24, 2.45) is 10.8 Å². The van der Waals surface area contributed by atoms with Gasteiger partial charge in [0.2, 0.25) is 0 Å². The fraction of sp³-hybridized carbons (Fsp3) is 0.467. The SMILES string of the molecule is CC1(C)C(NC(=O)Nc2ccc(Cl)cc2C(=O)O)C1(C)C. The highest BCUT2D eigenvalue weighted by molar-refractivity contribution is 6.31. The van der Waals surface area contributed by atoms with Crippen molar-refractivity contribution >= 4 is 29.3 Å². The number of amides is 2. The number of hydrogen-bond acceptors (Lipinski definition) is 2. The molecule has 6 heteroatoms. The van der Waals surface area contributed by atoms with Crippen molar-refractivity contribution < 1.29 is 14.7 Å². The molecule has 0 atom stereocenters. The Hall–Kier alpha value is -1.75. The van der Waals surface area contributed by atoms with Crippen LogP contribution < -0.4 is 10.6 Å². The maximum atomic E-state index is 12.1. The Bertz CT molecular complexity index is 597. The summed E-state index contributed by atoms with van der Waals surface area (Å²) in [6, 6.07) is 3.96. The van der Waals surface area contributed by atoms with Gasteiger partial charge >= 0.3 is 12.0 Å². The van der Waals surface area contributed by atoms with Crippen molar-refractivity contribution in [3.63, 3.8) is 0 Å². The third-order valence-electron chi connectivity index (χ3n) is 4.76. The zero-order valence-corrected chi connectivity index (χ0v) is 13.2. The van der Waals surface area contributed by atoms with Crippen molar-refractivity contribution in [2.45, 2.75) is 33.7 Å². The van der Waals surface area contributed by atoms with Gasteiger partial charge in [-0.25, -0.2) is 9.59 Å². The molecule has 1 saturated carbocycles. The summed E-state index contributed by atoms with van der Waals surface area (Å²) in [7, 11) is 0. The number of carbonyl (C=O) groups is 2. The lowest BCUT2D eigenvalue weighted by Gasteiger charge is -2.11. The van der Waals surface area contributed by atoms with Gasteiger partial charge in [-0.2, -0.15) is 0 Å². The maximum absolute atomic E-state index is 12.1. The molecule has 21 heavy (non-hydrogen) atoms. The van der Waals surface area contributed by atoms with Gasteiger partial charge in [-0.15, -0.1) is 0 Å². The zero-order valence-electron chi connectivity index (χ0n) is 12.5. The number of halogens is 1. The Balaban J connectivity index is 2.10. The fourth-order valence-corrected chi connectivity index (χ4v) is 2.82. The summed E-state index contributed by atoms with van der Waals surface area (Å²) in [5.74, 6) is -1.14. The van der Waals surface area contributed by atoms with Crippen LogP contribution in [0, 0.1) is 10.8 Å². The van der Waals surface area contributed by atoms with E-state index in [9.17, 15) is 9.59 Å². The first-order valence-electron chi connectivity index (χ1n) is 6.67. The highest BCUT2D eigenvalue weighted by atomic mass is 35.5. The topological polar surface area (TPSA) is 78.4 Å². The molecule has 0 heterocycles. The van der Waals surface area contributed by atoms with Crippen molar-refractivity contribution in [1.29, 1.82) is 0 Å². The number of benzene rings is 1. The average Bonchev–Trinajstić information content (AvgIpc) is 2.74. The second-order valence-corrected chi connectivity index (χ2v) is 6.91. The Morgan fingerprint density at radius 1 is 1.19 bits per heavy atom. The molecule has 1 aromatic carbocycles. The first kappa shape index (κ1) is 15.6. The van der Waals surface area contributed by atoms with Crippen molar-refractivity contribution in [2.75, 3.05) is 5.32 Å². The number of anilines is 1. The van der Waals surface area contributed by atoms with E-state index in [1.54, 1.807) is 0 Å². The Labute approximate surface area is 128 Å². The summed E-state index contributed by atoms with van der Waals surface area (Å²) in [5, 5.41) is 14.9. The third-order valence-corrected chi connectivity index (χ3v) is 4.99. The van der Waals surface area contributed by atoms with E-state index < -0.39 is 12.0 Å². The summed E-state index contributed by atoms with van der Waals surface area (Å²) >= 11 is 5.77. The first-order valence-corrected chi connectivity index (χ1v) is 7.05. The number of rotatable bonds is 3. The molecule has 2 rings (SSSR count). The van der Waals surface area contributed by atoms with Crippen LogP contribution in [-0.2, 0) is 0 Å². The molecule has 114 valence electrons. The predicted octanol–water partition coefficient (Wildman–Crippen LogP) is 3.59. The van der Waals surface area contributed by atoms with Crippen LogP contribution in [0.3, 0.4) is 0 Å². The van der Waals surface area contributed by atoms with Crippen LogP contribution in [0.4, 0.5) is 10.5 Å². The minimum atomic E-state index is -1.14. The molecular weight excluding hydrogens is 292 g/mol. The van der Waals surface area contributed by atoms with Gasteiger partial charge in [0, 0.05) is 11.1 Å². The van der Waals surface area contributed by atoms with E-state index in [2.05, 4.69) is 38.3 Å². The Morgan fingerprint density at radius 3 is 2.24 bits per heavy atom. The number of aromatic carboxylic acids is 1. The van der Waals surface area contributed by atoms with E-state index in [1.807, 2.05) is 0 Å². The minimum Gasteiger partial charge on any atom is -0.478 e. The van der Waals surface area contributed by atoms with E-state index in [0.717, 1.165) is 0 Å². The summed E-state index contributed by atoms with van der Waals surface area (Å²) in [5.41, 5.74) is 0.215. The van der Waals surface area contributed by atoms with Gasteiger partial charge in [0.1, 0.15) is 0 Å².